The van der Waals surface area contributed by atoms with Gasteiger partial charge in [0.25, 0.3) is 0 Å². The molecule has 20 heavy (non-hydrogen) atoms. The minimum Gasteiger partial charge on any atom is -0.494 e. The largest absolute Gasteiger partial charge is 0.494 e. The first kappa shape index (κ1) is 14.9. The molecule has 0 aliphatic heterocycles. The monoisotopic (exact) mass is 294 g/mol. The van der Waals surface area contributed by atoms with E-state index in [-0.39, 0.29) is 11.6 Å². The Bertz CT molecular complexity index is 583. The lowest BCUT2D eigenvalue weighted by Crippen LogP contribution is -2.13. The van der Waals surface area contributed by atoms with Crippen LogP contribution in [0.2, 0.25) is 0 Å². The highest BCUT2D eigenvalue weighted by Gasteiger charge is 2.11. The Hall–Kier alpha value is -1.46. The van der Waals surface area contributed by atoms with Crippen molar-refractivity contribution >= 4 is 11.3 Å². The van der Waals surface area contributed by atoms with Crippen molar-refractivity contribution in [1.29, 1.82) is 0 Å². The fourth-order valence-corrected chi connectivity index (χ4v) is 2.92. The molecule has 1 N–H and O–H groups in total. The van der Waals surface area contributed by atoms with Crippen LogP contribution in [-0.4, -0.2) is 18.6 Å². The average Bonchev–Trinajstić information content (AvgIpc) is 2.81. The van der Waals surface area contributed by atoms with Crippen molar-refractivity contribution in [1.82, 2.24) is 10.3 Å². The lowest BCUT2D eigenvalue weighted by Gasteiger charge is -2.03. The van der Waals surface area contributed by atoms with Gasteiger partial charge in [-0.1, -0.05) is 6.92 Å². The Morgan fingerprint density at radius 3 is 2.90 bits per heavy atom. The predicted molar refractivity (Wildman–Crippen MR) is 80.8 cm³/mol. The summed E-state index contributed by atoms with van der Waals surface area (Å²) < 4.78 is 18.4. The molecule has 1 heterocycles. The fraction of sp³-hybridized carbons (Fsp3) is 0.400. The van der Waals surface area contributed by atoms with E-state index in [1.807, 2.05) is 6.92 Å². The van der Waals surface area contributed by atoms with Crippen LogP contribution >= 0.6 is 11.3 Å². The van der Waals surface area contributed by atoms with E-state index in [0.29, 0.717) is 0 Å². The van der Waals surface area contributed by atoms with E-state index in [1.165, 1.54) is 18.1 Å². The maximum absolute atomic E-state index is 13.4. The Labute approximate surface area is 122 Å². The van der Waals surface area contributed by atoms with Crippen LogP contribution in [0.25, 0.3) is 10.6 Å². The Balaban J connectivity index is 2.22. The molecule has 0 atom stereocenters. The SMILES string of the molecule is CCCNCc1sc(-c2ccc(F)c(OC)c2)nc1C. The van der Waals surface area contributed by atoms with Gasteiger partial charge < -0.3 is 10.1 Å². The zero-order chi connectivity index (χ0) is 14.5. The smallest absolute Gasteiger partial charge is 0.165 e. The number of benzene rings is 1. The zero-order valence-electron chi connectivity index (χ0n) is 12.0. The number of hydrogen-bond donors (Lipinski definition) is 1. The molecule has 0 aliphatic rings. The molecule has 0 saturated heterocycles. The maximum atomic E-state index is 13.4. The number of methoxy groups -OCH3 is 1. The van der Waals surface area contributed by atoms with Crippen molar-refractivity contribution in [2.75, 3.05) is 13.7 Å². The summed E-state index contributed by atoms with van der Waals surface area (Å²) >= 11 is 1.64. The number of ether oxygens (including phenoxy) is 1. The van der Waals surface area contributed by atoms with Crippen LogP contribution in [0.3, 0.4) is 0 Å². The first-order valence-electron chi connectivity index (χ1n) is 6.66. The topological polar surface area (TPSA) is 34.1 Å². The first-order chi connectivity index (χ1) is 9.65. The van der Waals surface area contributed by atoms with Gasteiger partial charge in [0.15, 0.2) is 11.6 Å². The van der Waals surface area contributed by atoms with E-state index < -0.39 is 0 Å². The highest BCUT2D eigenvalue weighted by Crippen LogP contribution is 2.31. The molecule has 0 spiro atoms. The second-order valence-corrected chi connectivity index (χ2v) is 5.64. The van der Waals surface area contributed by atoms with Gasteiger partial charge in [0.1, 0.15) is 5.01 Å². The molecule has 0 bridgehead atoms. The van der Waals surface area contributed by atoms with Gasteiger partial charge in [0.05, 0.1) is 12.8 Å². The summed E-state index contributed by atoms with van der Waals surface area (Å²) in [5, 5.41) is 4.27. The number of thiazole rings is 1. The van der Waals surface area contributed by atoms with E-state index in [9.17, 15) is 4.39 Å². The van der Waals surface area contributed by atoms with E-state index in [0.717, 1.165) is 35.8 Å². The molecule has 1 aromatic heterocycles. The van der Waals surface area contributed by atoms with E-state index >= 15 is 0 Å². The van der Waals surface area contributed by atoms with Gasteiger partial charge in [0.2, 0.25) is 0 Å². The van der Waals surface area contributed by atoms with Crippen LogP contribution in [0, 0.1) is 12.7 Å². The third-order valence-corrected chi connectivity index (χ3v) is 4.21. The third-order valence-electron chi connectivity index (χ3n) is 3.00. The fourth-order valence-electron chi connectivity index (χ4n) is 1.89. The van der Waals surface area contributed by atoms with E-state index in [2.05, 4.69) is 17.2 Å². The maximum Gasteiger partial charge on any atom is 0.165 e. The molecule has 0 radical (unpaired) electrons. The Kier molecular flexibility index (Phi) is 5.09. The summed E-state index contributed by atoms with van der Waals surface area (Å²) in [6, 6.07) is 4.84. The normalized spacial score (nSPS) is 10.8. The molecule has 2 rings (SSSR count). The lowest BCUT2D eigenvalue weighted by molar-refractivity contribution is 0.387. The summed E-state index contributed by atoms with van der Waals surface area (Å²) in [6.45, 7) is 5.97. The molecule has 0 fully saturated rings. The molecule has 0 amide bonds. The van der Waals surface area contributed by atoms with Gasteiger partial charge >= 0.3 is 0 Å². The van der Waals surface area contributed by atoms with Crippen LogP contribution < -0.4 is 10.1 Å². The standard InChI is InChI=1S/C15H19FN2OS/c1-4-7-17-9-14-10(2)18-15(20-14)11-5-6-12(16)13(8-11)19-3/h5-6,8,17H,4,7,9H2,1-3H3. The highest BCUT2D eigenvalue weighted by atomic mass is 32.1. The van der Waals surface area contributed by atoms with Gasteiger partial charge in [-0.05, 0) is 38.1 Å². The molecular weight excluding hydrogens is 275 g/mol. The van der Waals surface area contributed by atoms with Gasteiger partial charge in [-0.15, -0.1) is 11.3 Å². The minimum absolute atomic E-state index is 0.251. The lowest BCUT2D eigenvalue weighted by atomic mass is 10.2. The Morgan fingerprint density at radius 1 is 1.40 bits per heavy atom. The van der Waals surface area contributed by atoms with Crippen LogP contribution in [0.4, 0.5) is 4.39 Å². The molecule has 0 aliphatic carbocycles. The van der Waals surface area contributed by atoms with Crippen molar-refractivity contribution in [2.24, 2.45) is 0 Å². The number of nitrogens with one attached hydrogen (secondary N) is 1. The molecule has 2 aromatic rings. The number of halogens is 1. The minimum atomic E-state index is -0.352. The zero-order valence-corrected chi connectivity index (χ0v) is 12.8. The summed E-state index contributed by atoms with van der Waals surface area (Å²) in [6.07, 6.45) is 1.11. The van der Waals surface area contributed by atoms with Gasteiger partial charge in [-0.25, -0.2) is 9.37 Å². The van der Waals surface area contributed by atoms with Crippen molar-refractivity contribution in [2.45, 2.75) is 26.8 Å². The van der Waals surface area contributed by atoms with Gasteiger partial charge in [-0.2, -0.15) is 0 Å². The number of aromatic nitrogens is 1. The average molecular weight is 294 g/mol. The van der Waals surface area contributed by atoms with Crippen molar-refractivity contribution < 1.29 is 9.13 Å². The van der Waals surface area contributed by atoms with Crippen LogP contribution in [-0.2, 0) is 6.54 Å². The van der Waals surface area contributed by atoms with Crippen LogP contribution in [0.15, 0.2) is 18.2 Å². The molecule has 1 aromatic carbocycles. The summed E-state index contributed by atoms with van der Waals surface area (Å²) in [4.78, 5) is 5.78. The van der Waals surface area contributed by atoms with Gasteiger partial charge in [-0.3, -0.25) is 0 Å². The second-order valence-electron chi connectivity index (χ2n) is 4.55. The van der Waals surface area contributed by atoms with Crippen molar-refractivity contribution in [3.8, 4) is 16.3 Å². The number of hydrogen-bond acceptors (Lipinski definition) is 4. The first-order valence-corrected chi connectivity index (χ1v) is 7.48. The summed E-state index contributed by atoms with van der Waals surface area (Å²) in [7, 11) is 1.47. The third kappa shape index (κ3) is 3.35. The Morgan fingerprint density at radius 2 is 2.20 bits per heavy atom. The molecular formula is C15H19FN2OS. The van der Waals surface area contributed by atoms with Crippen molar-refractivity contribution in [3.63, 3.8) is 0 Å². The van der Waals surface area contributed by atoms with E-state index in [4.69, 9.17) is 4.74 Å². The molecule has 5 heteroatoms. The number of nitrogens with zero attached hydrogens (tertiary/aromatic N) is 1. The van der Waals surface area contributed by atoms with Crippen LogP contribution in [0.5, 0.6) is 5.75 Å². The number of rotatable bonds is 6. The molecule has 0 saturated carbocycles. The quantitative estimate of drug-likeness (QED) is 0.824. The summed E-state index contributed by atoms with van der Waals surface area (Å²) in [5.41, 5.74) is 1.91. The van der Waals surface area contributed by atoms with E-state index in [1.54, 1.807) is 23.5 Å². The highest BCUT2D eigenvalue weighted by molar-refractivity contribution is 7.15. The van der Waals surface area contributed by atoms with Crippen molar-refractivity contribution in [3.05, 3.63) is 34.6 Å². The molecule has 3 nitrogen and oxygen atoms in total. The summed E-state index contributed by atoms with van der Waals surface area (Å²) in [5.74, 6) is -0.102. The predicted octanol–water partition coefficient (Wildman–Crippen LogP) is 3.77. The van der Waals surface area contributed by atoms with Crippen LogP contribution in [0.1, 0.15) is 23.9 Å². The van der Waals surface area contributed by atoms with Gasteiger partial charge in [0, 0.05) is 17.0 Å². The molecule has 0 unspecified atom stereocenters. The molecule has 108 valence electrons. The number of aryl methyl sites for hydroxylation is 1. The second kappa shape index (κ2) is 6.81.